The van der Waals surface area contributed by atoms with Crippen LogP contribution in [0, 0.1) is 0 Å². The Morgan fingerprint density at radius 3 is 2.65 bits per heavy atom. The van der Waals surface area contributed by atoms with Crippen molar-refractivity contribution in [3.8, 4) is 5.75 Å². The van der Waals surface area contributed by atoms with Gasteiger partial charge in [-0.2, -0.15) is 0 Å². The van der Waals surface area contributed by atoms with Gasteiger partial charge in [0, 0.05) is 11.0 Å². The molecule has 2 rings (SSSR count). The number of carboxylic acids is 1. The molecule has 0 aromatic heterocycles. The summed E-state index contributed by atoms with van der Waals surface area (Å²) >= 11 is 3.66. The molecule has 1 aromatic carbocycles. The number of methoxy groups -OCH3 is 1. The molecule has 1 aliphatic rings. The fourth-order valence-corrected chi connectivity index (χ4v) is 3.84. The molecule has 0 saturated heterocycles. The molecular formula is C16H21BrO3. The van der Waals surface area contributed by atoms with Crippen LogP contribution in [0.1, 0.15) is 49.8 Å². The van der Waals surface area contributed by atoms with E-state index in [0.29, 0.717) is 0 Å². The van der Waals surface area contributed by atoms with Gasteiger partial charge >= 0.3 is 5.97 Å². The molecule has 1 aliphatic carbocycles. The maximum atomic E-state index is 11.1. The lowest BCUT2D eigenvalue weighted by Crippen LogP contribution is -2.23. The van der Waals surface area contributed by atoms with Crippen LogP contribution in [0.2, 0.25) is 0 Å². The number of halogens is 1. The molecule has 0 bridgehead atoms. The molecule has 20 heavy (non-hydrogen) atoms. The van der Waals surface area contributed by atoms with Gasteiger partial charge in [-0.1, -0.05) is 19.9 Å². The Kier molecular flexibility index (Phi) is 4.43. The summed E-state index contributed by atoms with van der Waals surface area (Å²) in [6.45, 7) is 3.92. The standard InChI is InChI=1S/C16H21BrO3/c1-16(2,9-13(18)19)12-8-10-6-4-5-7-11(10)14(17)15(12)20-3/h8H,4-7,9H2,1-3H3,(H,18,19). The van der Waals surface area contributed by atoms with Gasteiger partial charge in [0.15, 0.2) is 0 Å². The molecule has 3 nitrogen and oxygen atoms in total. The summed E-state index contributed by atoms with van der Waals surface area (Å²) in [6, 6.07) is 2.15. The second kappa shape index (κ2) is 5.76. The van der Waals surface area contributed by atoms with Crippen LogP contribution < -0.4 is 4.74 Å². The molecule has 0 amide bonds. The number of benzene rings is 1. The smallest absolute Gasteiger partial charge is 0.304 e. The third kappa shape index (κ3) is 2.85. The van der Waals surface area contributed by atoms with E-state index in [1.54, 1.807) is 7.11 Å². The molecule has 4 heteroatoms. The molecule has 0 atom stereocenters. The lowest BCUT2D eigenvalue weighted by atomic mass is 9.78. The molecule has 0 aliphatic heterocycles. The van der Waals surface area contributed by atoms with Gasteiger partial charge in [-0.25, -0.2) is 0 Å². The van der Waals surface area contributed by atoms with Gasteiger partial charge in [0.25, 0.3) is 0 Å². The molecule has 0 saturated carbocycles. The van der Waals surface area contributed by atoms with Gasteiger partial charge in [-0.15, -0.1) is 0 Å². The maximum absolute atomic E-state index is 11.1. The highest BCUT2D eigenvalue weighted by Crippen LogP contribution is 2.44. The number of ether oxygens (including phenoxy) is 1. The number of carboxylic acid groups (broad SMARTS) is 1. The monoisotopic (exact) mass is 340 g/mol. The molecule has 0 heterocycles. The highest BCUT2D eigenvalue weighted by atomic mass is 79.9. The van der Waals surface area contributed by atoms with Gasteiger partial charge in [0.05, 0.1) is 18.0 Å². The zero-order valence-corrected chi connectivity index (χ0v) is 13.8. The number of fused-ring (bicyclic) bond motifs is 1. The van der Waals surface area contributed by atoms with E-state index in [1.165, 1.54) is 24.0 Å². The lowest BCUT2D eigenvalue weighted by Gasteiger charge is -2.29. The minimum atomic E-state index is -0.786. The quantitative estimate of drug-likeness (QED) is 0.897. The Hall–Kier alpha value is -1.03. The van der Waals surface area contributed by atoms with Gasteiger partial charge in [-0.05, 0) is 52.7 Å². The first-order valence-corrected chi connectivity index (χ1v) is 7.76. The van der Waals surface area contributed by atoms with E-state index in [2.05, 4.69) is 22.0 Å². The van der Waals surface area contributed by atoms with Crippen molar-refractivity contribution in [2.75, 3.05) is 7.11 Å². The largest absolute Gasteiger partial charge is 0.495 e. The topological polar surface area (TPSA) is 46.5 Å². The second-order valence-electron chi connectivity index (χ2n) is 6.07. The maximum Gasteiger partial charge on any atom is 0.304 e. The minimum Gasteiger partial charge on any atom is -0.495 e. The van der Waals surface area contributed by atoms with Crippen LogP contribution in [0.5, 0.6) is 5.75 Å². The molecule has 1 N–H and O–H groups in total. The van der Waals surface area contributed by atoms with Gasteiger partial charge in [-0.3, -0.25) is 4.79 Å². The number of aliphatic carboxylic acids is 1. The Balaban J connectivity index is 2.57. The summed E-state index contributed by atoms with van der Waals surface area (Å²) in [5, 5.41) is 9.13. The number of hydrogen-bond donors (Lipinski definition) is 1. The number of carbonyl (C=O) groups is 1. The summed E-state index contributed by atoms with van der Waals surface area (Å²) in [4.78, 5) is 11.1. The van der Waals surface area contributed by atoms with Crippen LogP contribution in [0.25, 0.3) is 0 Å². The molecular weight excluding hydrogens is 320 g/mol. The average Bonchev–Trinajstić information content (AvgIpc) is 2.37. The predicted molar refractivity (Wildman–Crippen MR) is 82.6 cm³/mol. The fraction of sp³-hybridized carbons (Fsp3) is 0.562. The first kappa shape index (κ1) is 15.4. The van der Waals surface area contributed by atoms with Crippen LogP contribution in [-0.2, 0) is 23.1 Å². The van der Waals surface area contributed by atoms with E-state index in [0.717, 1.165) is 28.6 Å². The van der Waals surface area contributed by atoms with E-state index < -0.39 is 11.4 Å². The molecule has 110 valence electrons. The number of rotatable bonds is 4. The van der Waals surface area contributed by atoms with Gasteiger partial charge in [0.1, 0.15) is 5.75 Å². The number of hydrogen-bond acceptors (Lipinski definition) is 2. The van der Waals surface area contributed by atoms with Crippen molar-refractivity contribution < 1.29 is 14.6 Å². The van der Waals surface area contributed by atoms with Crippen molar-refractivity contribution in [1.29, 1.82) is 0 Å². The average molecular weight is 341 g/mol. The van der Waals surface area contributed by atoms with Crippen molar-refractivity contribution in [3.05, 3.63) is 27.2 Å². The van der Waals surface area contributed by atoms with E-state index in [1.807, 2.05) is 13.8 Å². The Morgan fingerprint density at radius 1 is 1.40 bits per heavy atom. The zero-order valence-electron chi connectivity index (χ0n) is 12.3. The Morgan fingerprint density at radius 2 is 2.05 bits per heavy atom. The predicted octanol–water partition coefficient (Wildman–Crippen LogP) is 4.09. The normalized spacial score (nSPS) is 14.8. The highest BCUT2D eigenvalue weighted by molar-refractivity contribution is 9.10. The highest BCUT2D eigenvalue weighted by Gasteiger charge is 2.31. The van der Waals surface area contributed by atoms with Crippen LogP contribution in [-0.4, -0.2) is 18.2 Å². The summed E-state index contributed by atoms with van der Waals surface area (Å²) in [7, 11) is 1.65. The minimum absolute atomic E-state index is 0.0919. The summed E-state index contributed by atoms with van der Waals surface area (Å²) < 4.78 is 6.58. The SMILES string of the molecule is COc1c(C(C)(C)CC(=O)O)cc2c(c1Br)CCCC2. The molecule has 0 spiro atoms. The van der Waals surface area contributed by atoms with Crippen LogP contribution in [0.3, 0.4) is 0 Å². The lowest BCUT2D eigenvalue weighted by molar-refractivity contribution is -0.138. The van der Waals surface area contributed by atoms with Crippen LogP contribution >= 0.6 is 15.9 Å². The van der Waals surface area contributed by atoms with Crippen LogP contribution in [0.4, 0.5) is 0 Å². The fourth-order valence-electron chi connectivity index (χ4n) is 3.01. The molecule has 0 fully saturated rings. The molecule has 0 radical (unpaired) electrons. The summed E-state index contributed by atoms with van der Waals surface area (Å²) in [6.07, 6.45) is 4.62. The molecule has 1 aromatic rings. The van der Waals surface area contributed by atoms with E-state index in [-0.39, 0.29) is 6.42 Å². The Bertz CT molecular complexity index is 535. The van der Waals surface area contributed by atoms with Gasteiger partial charge in [0.2, 0.25) is 0 Å². The zero-order chi connectivity index (χ0) is 14.9. The van der Waals surface area contributed by atoms with E-state index in [4.69, 9.17) is 9.84 Å². The van der Waals surface area contributed by atoms with E-state index >= 15 is 0 Å². The third-order valence-corrected chi connectivity index (χ3v) is 4.90. The Labute approximate surface area is 128 Å². The summed E-state index contributed by atoms with van der Waals surface area (Å²) in [5.74, 6) is 0.00259. The first-order valence-electron chi connectivity index (χ1n) is 6.97. The van der Waals surface area contributed by atoms with Crippen molar-refractivity contribution in [2.45, 2.75) is 51.4 Å². The second-order valence-corrected chi connectivity index (χ2v) is 6.86. The van der Waals surface area contributed by atoms with Crippen molar-refractivity contribution in [3.63, 3.8) is 0 Å². The number of aryl methyl sites for hydroxylation is 1. The van der Waals surface area contributed by atoms with E-state index in [9.17, 15) is 4.79 Å². The van der Waals surface area contributed by atoms with Gasteiger partial charge < -0.3 is 9.84 Å². The van der Waals surface area contributed by atoms with Crippen molar-refractivity contribution in [2.24, 2.45) is 0 Å². The third-order valence-electron chi connectivity index (χ3n) is 4.06. The molecule has 0 unspecified atom stereocenters. The first-order chi connectivity index (χ1) is 9.36. The summed E-state index contributed by atoms with van der Waals surface area (Å²) in [5.41, 5.74) is 3.18. The van der Waals surface area contributed by atoms with Crippen molar-refractivity contribution in [1.82, 2.24) is 0 Å². The van der Waals surface area contributed by atoms with Crippen LogP contribution in [0.15, 0.2) is 10.5 Å². The van der Waals surface area contributed by atoms with Crippen molar-refractivity contribution >= 4 is 21.9 Å².